The van der Waals surface area contributed by atoms with Crippen LogP contribution >= 0.6 is 15.9 Å². The molecule has 1 aliphatic rings. The summed E-state index contributed by atoms with van der Waals surface area (Å²) in [7, 11) is 0. The van der Waals surface area contributed by atoms with E-state index in [1.807, 2.05) is 31.2 Å². The molecule has 18 heavy (non-hydrogen) atoms. The van der Waals surface area contributed by atoms with Crippen molar-refractivity contribution in [3.63, 3.8) is 0 Å². The standard InChI is InChI=1S/C14H18BrNO2/c1-10(12-4-2-3-5-13(12)15)16-14(17)11-6-8-18-9-7-11/h2-5,10-11H,6-9H2,1H3,(H,16,17). The van der Waals surface area contributed by atoms with Gasteiger partial charge in [-0.2, -0.15) is 0 Å². The number of benzene rings is 1. The fourth-order valence-corrected chi connectivity index (χ4v) is 2.82. The van der Waals surface area contributed by atoms with Gasteiger partial charge in [0.2, 0.25) is 5.91 Å². The molecule has 1 atom stereocenters. The van der Waals surface area contributed by atoms with E-state index < -0.39 is 0 Å². The summed E-state index contributed by atoms with van der Waals surface area (Å²) in [6, 6.07) is 8.00. The van der Waals surface area contributed by atoms with Crippen molar-refractivity contribution in [2.75, 3.05) is 13.2 Å². The van der Waals surface area contributed by atoms with Gasteiger partial charge in [-0.15, -0.1) is 0 Å². The van der Waals surface area contributed by atoms with Crippen LogP contribution in [-0.2, 0) is 9.53 Å². The monoisotopic (exact) mass is 311 g/mol. The quantitative estimate of drug-likeness (QED) is 0.931. The second-order valence-electron chi connectivity index (χ2n) is 4.64. The molecule has 1 aliphatic heterocycles. The Kier molecular flexibility index (Phi) is 4.78. The van der Waals surface area contributed by atoms with Crippen molar-refractivity contribution in [1.82, 2.24) is 5.32 Å². The van der Waals surface area contributed by atoms with E-state index in [0.29, 0.717) is 13.2 Å². The summed E-state index contributed by atoms with van der Waals surface area (Å²) >= 11 is 3.51. The molecule has 0 aromatic heterocycles. The van der Waals surface area contributed by atoms with E-state index in [-0.39, 0.29) is 17.9 Å². The van der Waals surface area contributed by atoms with Crippen LogP contribution in [0.3, 0.4) is 0 Å². The second kappa shape index (κ2) is 6.34. The molecule has 2 rings (SSSR count). The summed E-state index contributed by atoms with van der Waals surface area (Å²) in [4.78, 5) is 12.1. The Labute approximate surface area is 116 Å². The number of rotatable bonds is 3. The van der Waals surface area contributed by atoms with Gasteiger partial charge in [-0.05, 0) is 31.4 Å². The molecule has 0 spiro atoms. The molecule has 1 aromatic rings. The van der Waals surface area contributed by atoms with Gasteiger partial charge in [0.15, 0.2) is 0 Å². The van der Waals surface area contributed by atoms with Crippen molar-refractivity contribution in [3.8, 4) is 0 Å². The van der Waals surface area contributed by atoms with Gasteiger partial charge >= 0.3 is 0 Å². The molecule has 1 amide bonds. The Morgan fingerprint density at radius 1 is 1.39 bits per heavy atom. The van der Waals surface area contributed by atoms with Crippen LogP contribution in [0.4, 0.5) is 0 Å². The fourth-order valence-electron chi connectivity index (χ4n) is 2.20. The van der Waals surface area contributed by atoms with Crippen LogP contribution in [0.1, 0.15) is 31.4 Å². The number of nitrogens with one attached hydrogen (secondary N) is 1. The Morgan fingerprint density at radius 3 is 2.72 bits per heavy atom. The van der Waals surface area contributed by atoms with Gasteiger partial charge in [0.1, 0.15) is 0 Å². The number of hydrogen-bond acceptors (Lipinski definition) is 2. The van der Waals surface area contributed by atoms with Crippen molar-refractivity contribution < 1.29 is 9.53 Å². The van der Waals surface area contributed by atoms with Crippen LogP contribution in [0.15, 0.2) is 28.7 Å². The fraction of sp³-hybridized carbons (Fsp3) is 0.500. The maximum atomic E-state index is 12.1. The highest BCUT2D eigenvalue weighted by molar-refractivity contribution is 9.10. The molecule has 3 nitrogen and oxygen atoms in total. The van der Waals surface area contributed by atoms with Gasteiger partial charge in [0.05, 0.1) is 6.04 Å². The van der Waals surface area contributed by atoms with E-state index in [0.717, 1.165) is 22.9 Å². The molecule has 1 N–H and O–H groups in total. The highest BCUT2D eigenvalue weighted by Gasteiger charge is 2.23. The smallest absolute Gasteiger partial charge is 0.223 e. The SMILES string of the molecule is CC(NC(=O)C1CCOCC1)c1ccccc1Br. The Hall–Kier alpha value is -0.870. The van der Waals surface area contributed by atoms with Crippen molar-refractivity contribution >= 4 is 21.8 Å². The Balaban J connectivity index is 1.96. The van der Waals surface area contributed by atoms with Gasteiger partial charge in [-0.25, -0.2) is 0 Å². The lowest BCUT2D eigenvalue weighted by atomic mass is 9.98. The number of carbonyl (C=O) groups excluding carboxylic acids is 1. The third kappa shape index (κ3) is 3.33. The van der Waals surface area contributed by atoms with Crippen molar-refractivity contribution in [2.45, 2.75) is 25.8 Å². The van der Waals surface area contributed by atoms with Gasteiger partial charge < -0.3 is 10.1 Å². The average molecular weight is 312 g/mol. The zero-order valence-electron chi connectivity index (χ0n) is 10.5. The summed E-state index contributed by atoms with van der Waals surface area (Å²) in [5.41, 5.74) is 1.11. The van der Waals surface area contributed by atoms with E-state index in [2.05, 4.69) is 21.2 Å². The first-order valence-corrected chi connectivity index (χ1v) is 7.10. The van der Waals surface area contributed by atoms with Crippen LogP contribution < -0.4 is 5.32 Å². The molecule has 0 aliphatic carbocycles. The summed E-state index contributed by atoms with van der Waals surface area (Å²) in [5.74, 6) is 0.241. The molecular weight excluding hydrogens is 294 g/mol. The van der Waals surface area contributed by atoms with Crippen LogP contribution in [0.5, 0.6) is 0 Å². The largest absolute Gasteiger partial charge is 0.381 e. The first-order valence-electron chi connectivity index (χ1n) is 6.31. The molecule has 1 aromatic carbocycles. The van der Waals surface area contributed by atoms with Crippen LogP contribution in [0.2, 0.25) is 0 Å². The highest BCUT2D eigenvalue weighted by Crippen LogP contribution is 2.24. The van der Waals surface area contributed by atoms with Crippen LogP contribution in [0.25, 0.3) is 0 Å². The van der Waals surface area contributed by atoms with E-state index >= 15 is 0 Å². The van der Waals surface area contributed by atoms with E-state index in [9.17, 15) is 4.79 Å². The number of halogens is 1. The number of hydrogen-bond donors (Lipinski definition) is 1. The Morgan fingerprint density at radius 2 is 2.06 bits per heavy atom. The van der Waals surface area contributed by atoms with E-state index in [4.69, 9.17) is 4.74 Å². The zero-order chi connectivity index (χ0) is 13.0. The minimum atomic E-state index is 0.0240. The summed E-state index contributed by atoms with van der Waals surface area (Å²) in [6.45, 7) is 3.40. The van der Waals surface area contributed by atoms with Crippen LogP contribution in [-0.4, -0.2) is 19.1 Å². The topological polar surface area (TPSA) is 38.3 Å². The number of ether oxygens (including phenoxy) is 1. The predicted octanol–water partition coefficient (Wildman–Crippen LogP) is 3.05. The molecule has 0 saturated carbocycles. The normalized spacial score (nSPS) is 18.3. The van der Waals surface area contributed by atoms with Crippen LogP contribution in [0, 0.1) is 5.92 Å². The van der Waals surface area contributed by atoms with Crippen molar-refractivity contribution in [3.05, 3.63) is 34.3 Å². The lowest BCUT2D eigenvalue weighted by Gasteiger charge is -2.24. The molecule has 4 heteroatoms. The minimum absolute atomic E-state index is 0.0240. The second-order valence-corrected chi connectivity index (χ2v) is 5.49. The maximum absolute atomic E-state index is 12.1. The third-order valence-electron chi connectivity index (χ3n) is 3.32. The molecule has 0 bridgehead atoms. The predicted molar refractivity (Wildman–Crippen MR) is 74.2 cm³/mol. The van der Waals surface area contributed by atoms with Gasteiger partial charge in [0.25, 0.3) is 0 Å². The lowest BCUT2D eigenvalue weighted by Crippen LogP contribution is -2.35. The van der Waals surface area contributed by atoms with E-state index in [1.54, 1.807) is 0 Å². The van der Waals surface area contributed by atoms with E-state index in [1.165, 1.54) is 0 Å². The highest BCUT2D eigenvalue weighted by atomic mass is 79.9. The minimum Gasteiger partial charge on any atom is -0.381 e. The summed E-state index contributed by atoms with van der Waals surface area (Å²) < 4.78 is 6.30. The zero-order valence-corrected chi connectivity index (χ0v) is 12.1. The molecular formula is C14H18BrNO2. The molecule has 1 unspecified atom stereocenters. The van der Waals surface area contributed by atoms with Gasteiger partial charge in [0, 0.05) is 23.6 Å². The van der Waals surface area contributed by atoms with Crippen molar-refractivity contribution in [1.29, 1.82) is 0 Å². The maximum Gasteiger partial charge on any atom is 0.223 e. The number of carbonyl (C=O) groups is 1. The molecule has 98 valence electrons. The summed E-state index contributed by atoms with van der Waals surface area (Å²) in [6.07, 6.45) is 1.66. The molecule has 1 saturated heterocycles. The van der Waals surface area contributed by atoms with Crippen molar-refractivity contribution in [2.24, 2.45) is 5.92 Å². The molecule has 1 fully saturated rings. The van der Waals surface area contributed by atoms with Gasteiger partial charge in [-0.3, -0.25) is 4.79 Å². The lowest BCUT2D eigenvalue weighted by molar-refractivity contribution is -0.128. The third-order valence-corrected chi connectivity index (χ3v) is 4.04. The number of amides is 1. The molecule has 1 heterocycles. The summed E-state index contributed by atoms with van der Waals surface area (Å²) in [5, 5.41) is 3.08. The first-order chi connectivity index (χ1) is 8.68. The Bertz CT molecular complexity index is 416. The van der Waals surface area contributed by atoms with Gasteiger partial charge in [-0.1, -0.05) is 34.1 Å². The molecule has 0 radical (unpaired) electrons. The average Bonchev–Trinajstić information content (AvgIpc) is 2.40. The first kappa shape index (κ1) is 13.6.